The largest absolute Gasteiger partial charge is 0.459 e. The fourth-order valence-electron chi connectivity index (χ4n) is 2.97. The van der Waals surface area contributed by atoms with Crippen molar-refractivity contribution in [1.82, 2.24) is 14.4 Å². The van der Waals surface area contributed by atoms with Crippen molar-refractivity contribution >= 4 is 11.6 Å². The second-order valence-electron chi connectivity index (χ2n) is 6.75. The number of carbonyl (C=O) groups is 1. The van der Waals surface area contributed by atoms with Crippen LogP contribution in [0.25, 0.3) is 17.1 Å². The number of oxazole rings is 1. The molecule has 4 rings (SSSR count). The van der Waals surface area contributed by atoms with E-state index in [-0.39, 0.29) is 18.6 Å². The Morgan fingerprint density at radius 1 is 1.10 bits per heavy atom. The molecule has 0 saturated heterocycles. The van der Waals surface area contributed by atoms with Crippen LogP contribution >= 0.6 is 0 Å². The minimum absolute atomic E-state index is 0.0199. The highest BCUT2D eigenvalue weighted by Gasteiger charge is 2.16. The molecule has 0 saturated carbocycles. The molecule has 4 aromatic rings. The molecule has 0 amide bonds. The van der Waals surface area contributed by atoms with Gasteiger partial charge in [-0.15, -0.1) is 0 Å². The topological polar surface area (TPSA) is 86.7 Å². The van der Waals surface area contributed by atoms with Crippen LogP contribution in [0.5, 0.6) is 0 Å². The summed E-state index contributed by atoms with van der Waals surface area (Å²) in [5.41, 5.74) is 3.01. The second-order valence-corrected chi connectivity index (χ2v) is 6.75. The van der Waals surface area contributed by atoms with E-state index in [1.54, 1.807) is 19.2 Å². The molecule has 0 aliphatic heterocycles. The maximum atomic E-state index is 12.3. The standard InChI is InChI=1S/C22H19N3O4/c1-14-8-9-19-23-17(10-20(26)25(19)12-14)13-28-21(27)11-18-15(2)29-22(24-18)16-6-4-3-5-7-16/h3-10,12H,11,13H2,1-2H3. The molecule has 0 aliphatic rings. The molecule has 29 heavy (non-hydrogen) atoms. The number of ether oxygens (including phenoxy) is 1. The summed E-state index contributed by atoms with van der Waals surface area (Å²) in [5.74, 6) is 0.565. The summed E-state index contributed by atoms with van der Waals surface area (Å²) in [6, 6.07) is 14.5. The maximum absolute atomic E-state index is 12.3. The van der Waals surface area contributed by atoms with Gasteiger partial charge in [0.2, 0.25) is 5.89 Å². The van der Waals surface area contributed by atoms with Crippen molar-refractivity contribution in [2.45, 2.75) is 26.9 Å². The zero-order chi connectivity index (χ0) is 20.4. The van der Waals surface area contributed by atoms with Crippen molar-refractivity contribution in [2.24, 2.45) is 0 Å². The molecule has 0 aliphatic carbocycles. The summed E-state index contributed by atoms with van der Waals surface area (Å²) < 4.78 is 12.4. The Morgan fingerprint density at radius 2 is 1.90 bits per heavy atom. The molecule has 3 aromatic heterocycles. The third-order valence-electron chi connectivity index (χ3n) is 4.47. The summed E-state index contributed by atoms with van der Waals surface area (Å²) >= 11 is 0. The lowest BCUT2D eigenvalue weighted by atomic mass is 10.2. The summed E-state index contributed by atoms with van der Waals surface area (Å²) in [4.78, 5) is 33.3. The number of nitrogens with zero attached hydrogens (tertiary/aromatic N) is 3. The number of hydrogen-bond donors (Lipinski definition) is 0. The van der Waals surface area contributed by atoms with E-state index in [1.165, 1.54) is 10.5 Å². The summed E-state index contributed by atoms with van der Waals surface area (Å²) in [6.45, 7) is 3.58. The minimum Gasteiger partial charge on any atom is -0.459 e. The van der Waals surface area contributed by atoms with E-state index in [0.717, 1.165) is 11.1 Å². The maximum Gasteiger partial charge on any atom is 0.312 e. The normalized spacial score (nSPS) is 11.0. The molecule has 0 N–H and O–H groups in total. The number of hydrogen-bond acceptors (Lipinski definition) is 6. The Balaban J connectivity index is 1.44. The van der Waals surface area contributed by atoms with Gasteiger partial charge in [-0.25, -0.2) is 9.97 Å². The van der Waals surface area contributed by atoms with Crippen molar-refractivity contribution in [2.75, 3.05) is 0 Å². The molecule has 3 heterocycles. The molecule has 0 unspecified atom stereocenters. The lowest BCUT2D eigenvalue weighted by Crippen LogP contribution is -2.17. The van der Waals surface area contributed by atoms with Gasteiger partial charge in [0.05, 0.1) is 17.8 Å². The average molecular weight is 389 g/mol. The Kier molecular flexibility index (Phi) is 4.95. The molecule has 0 bridgehead atoms. The van der Waals surface area contributed by atoms with E-state index in [2.05, 4.69) is 9.97 Å². The third kappa shape index (κ3) is 4.08. The van der Waals surface area contributed by atoms with Crippen LogP contribution < -0.4 is 5.56 Å². The van der Waals surface area contributed by atoms with Crippen molar-refractivity contribution in [3.8, 4) is 11.5 Å². The quantitative estimate of drug-likeness (QED) is 0.487. The number of carbonyl (C=O) groups excluding carboxylic acids is 1. The van der Waals surface area contributed by atoms with Crippen LogP contribution in [0.4, 0.5) is 0 Å². The van der Waals surface area contributed by atoms with Gasteiger partial charge in [0.1, 0.15) is 18.0 Å². The zero-order valence-corrected chi connectivity index (χ0v) is 16.1. The fourth-order valence-corrected chi connectivity index (χ4v) is 2.97. The van der Waals surface area contributed by atoms with Crippen LogP contribution in [0.2, 0.25) is 0 Å². The van der Waals surface area contributed by atoms with E-state index in [9.17, 15) is 9.59 Å². The van der Waals surface area contributed by atoms with Crippen molar-refractivity contribution in [3.63, 3.8) is 0 Å². The third-order valence-corrected chi connectivity index (χ3v) is 4.47. The van der Waals surface area contributed by atoms with Gasteiger partial charge >= 0.3 is 5.97 Å². The first-order valence-electron chi connectivity index (χ1n) is 9.16. The highest BCUT2D eigenvalue weighted by Crippen LogP contribution is 2.21. The van der Waals surface area contributed by atoms with E-state index >= 15 is 0 Å². The Morgan fingerprint density at radius 3 is 2.69 bits per heavy atom. The highest BCUT2D eigenvalue weighted by atomic mass is 16.5. The summed E-state index contributed by atoms with van der Waals surface area (Å²) in [5, 5.41) is 0. The zero-order valence-electron chi connectivity index (χ0n) is 16.1. The predicted octanol–water partition coefficient (Wildman–Crippen LogP) is 3.25. The van der Waals surface area contributed by atoms with Crippen LogP contribution in [-0.2, 0) is 22.6 Å². The summed E-state index contributed by atoms with van der Waals surface area (Å²) in [7, 11) is 0. The summed E-state index contributed by atoms with van der Waals surface area (Å²) in [6.07, 6.45) is 1.70. The molecule has 0 spiro atoms. The second kappa shape index (κ2) is 7.71. The van der Waals surface area contributed by atoms with Gasteiger partial charge in [-0.05, 0) is 37.6 Å². The van der Waals surface area contributed by atoms with Crippen LogP contribution in [0.3, 0.4) is 0 Å². The van der Waals surface area contributed by atoms with Crippen LogP contribution in [0.15, 0.2) is 63.9 Å². The Labute approximate surface area is 166 Å². The number of benzene rings is 1. The molecule has 146 valence electrons. The Bertz CT molecular complexity index is 1240. The van der Waals surface area contributed by atoms with E-state index in [1.807, 2.05) is 43.3 Å². The lowest BCUT2D eigenvalue weighted by molar-refractivity contribution is -0.144. The molecular weight excluding hydrogens is 370 g/mol. The fraction of sp³-hybridized carbons (Fsp3) is 0.182. The molecule has 0 fully saturated rings. The first kappa shape index (κ1) is 18.6. The van der Waals surface area contributed by atoms with Gasteiger partial charge in [0, 0.05) is 17.8 Å². The van der Waals surface area contributed by atoms with Gasteiger partial charge in [0.25, 0.3) is 5.56 Å². The number of esters is 1. The van der Waals surface area contributed by atoms with Crippen molar-refractivity contribution < 1.29 is 13.9 Å². The number of pyridine rings is 1. The van der Waals surface area contributed by atoms with Crippen molar-refractivity contribution in [3.05, 3.63) is 87.8 Å². The average Bonchev–Trinajstić information content (AvgIpc) is 3.08. The van der Waals surface area contributed by atoms with Gasteiger partial charge in [-0.1, -0.05) is 24.3 Å². The van der Waals surface area contributed by atoms with Crippen molar-refractivity contribution in [1.29, 1.82) is 0 Å². The first-order valence-corrected chi connectivity index (χ1v) is 9.16. The highest BCUT2D eigenvalue weighted by molar-refractivity contribution is 5.72. The minimum atomic E-state index is -0.466. The first-order chi connectivity index (χ1) is 14.0. The van der Waals surface area contributed by atoms with Gasteiger partial charge in [-0.3, -0.25) is 14.0 Å². The van der Waals surface area contributed by atoms with Crippen LogP contribution in [0.1, 0.15) is 22.7 Å². The van der Waals surface area contributed by atoms with Gasteiger partial charge in [0.15, 0.2) is 0 Å². The van der Waals surface area contributed by atoms with Gasteiger partial charge in [-0.2, -0.15) is 0 Å². The SMILES string of the molecule is Cc1ccc2nc(COC(=O)Cc3nc(-c4ccccc4)oc3C)cc(=O)n2c1. The van der Waals surface area contributed by atoms with E-state index in [0.29, 0.717) is 28.7 Å². The van der Waals surface area contributed by atoms with Gasteiger partial charge < -0.3 is 9.15 Å². The molecule has 7 nitrogen and oxygen atoms in total. The van der Waals surface area contributed by atoms with E-state index in [4.69, 9.17) is 9.15 Å². The van der Waals surface area contributed by atoms with Crippen LogP contribution in [0, 0.1) is 13.8 Å². The van der Waals surface area contributed by atoms with Crippen LogP contribution in [-0.4, -0.2) is 20.3 Å². The lowest BCUT2D eigenvalue weighted by Gasteiger charge is -2.06. The number of aromatic nitrogens is 3. The Hall–Kier alpha value is -3.74. The molecule has 1 aromatic carbocycles. The molecule has 0 atom stereocenters. The predicted molar refractivity (Wildman–Crippen MR) is 106 cm³/mol. The molecular formula is C22H19N3O4. The monoisotopic (exact) mass is 389 g/mol. The van der Waals surface area contributed by atoms with E-state index < -0.39 is 5.97 Å². The number of aryl methyl sites for hydroxylation is 2. The number of rotatable bonds is 5. The molecule has 0 radical (unpaired) electrons. The molecule has 7 heteroatoms. The smallest absolute Gasteiger partial charge is 0.312 e. The number of fused-ring (bicyclic) bond motifs is 1.